The number of hydrogen-bond donors (Lipinski definition) is 1. The van der Waals surface area contributed by atoms with Crippen LogP contribution in [0.3, 0.4) is 0 Å². The number of aliphatic hydroxyl groups is 1. The number of aliphatic hydroxyl groups excluding tert-OH is 1. The fourth-order valence-electron chi connectivity index (χ4n) is 2.34. The number of hydrogen-bond acceptors (Lipinski definition) is 1. The Morgan fingerprint density at radius 2 is 2.19 bits per heavy atom. The van der Waals surface area contributed by atoms with Crippen molar-refractivity contribution in [3.8, 4) is 0 Å². The minimum absolute atomic E-state index is 0.162. The molecule has 1 nitrogen and oxygen atoms in total. The predicted molar refractivity (Wildman–Crippen MR) is 70.5 cm³/mol. The van der Waals surface area contributed by atoms with E-state index in [2.05, 4.69) is 26.0 Å². The highest BCUT2D eigenvalue weighted by atomic mass is 16.3. The van der Waals surface area contributed by atoms with Crippen LogP contribution in [0.25, 0.3) is 0 Å². The maximum Gasteiger partial charge on any atom is 0.0755 e. The van der Waals surface area contributed by atoms with Gasteiger partial charge in [0.05, 0.1) is 6.10 Å². The zero-order valence-electron chi connectivity index (χ0n) is 10.8. The lowest BCUT2D eigenvalue weighted by Crippen LogP contribution is -2.02. The van der Waals surface area contributed by atoms with Crippen molar-refractivity contribution in [2.24, 2.45) is 0 Å². The van der Waals surface area contributed by atoms with Crippen molar-refractivity contribution in [2.75, 3.05) is 0 Å². The van der Waals surface area contributed by atoms with E-state index in [0.29, 0.717) is 0 Å². The fourth-order valence-corrected chi connectivity index (χ4v) is 2.34. The van der Waals surface area contributed by atoms with Gasteiger partial charge in [-0.15, -0.1) is 0 Å². The molecule has 0 amide bonds. The maximum absolute atomic E-state index is 9.74. The number of rotatable bonds is 6. The number of allylic oxidation sites excluding steroid dienone is 3. The fraction of sp³-hybridized carbons (Fsp3) is 0.733. The number of unbranched alkanes of at least 4 members (excludes halogenated alkanes) is 4. The Bertz CT molecular complexity index is 250. The molecule has 1 fully saturated rings. The highest BCUT2D eigenvalue weighted by Gasteiger charge is 2.18. The van der Waals surface area contributed by atoms with Gasteiger partial charge in [-0.2, -0.15) is 0 Å². The highest BCUT2D eigenvalue weighted by Crippen LogP contribution is 2.27. The average molecular weight is 222 g/mol. The molecule has 1 rings (SSSR count). The van der Waals surface area contributed by atoms with Gasteiger partial charge in [0.25, 0.3) is 0 Å². The van der Waals surface area contributed by atoms with Gasteiger partial charge in [-0.1, -0.05) is 38.3 Å². The summed E-state index contributed by atoms with van der Waals surface area (Å²) in [5, 5.41) is 9.74. The third-order valence-corrected chi connectivity index (χ3v) is 3.42. The summed E-state index contributed by atoms with van der Waals surface area (Å²) >= 11 is 0. The normalized spacial score (nSPS) is 24.3. The van der Waals surface area contributed by atoms with E-state index < -0.39 is 0 Å². The third-order valence-electron chi connectivity index (χ3n) is 3.42. The molecule has 0 aromatic carbocycles. The Hall–Kier alpha value is -0.560. The van der Waals surface area contributed by atoms with E-state index in [1.807, 2.05) is 0 Å². The zero-order valence-corrected chi connectivity index (χ0v) is 10.8. The molecule has 0 aromatic heterocycles. The van der Waals surface area contributed by atoms with Crippen molar-refractivity contribution in [3.63, 3.8) is 0 Å². The molecule has 0 aliphatic heterocycles. The third kappa shape index (κ3) is 4.52. The molecule has 1 heteroatoms. The van der Waals surface area contributed by atoms with Gasteiger partial charge in [-0.3, -0.25) is 0 Å². The summed E-state index contributed by atoms with van der Waals surface area (Å²) in [7, 11) is 0. The van der Waals surface area contributed by atoms with Gasteiger partial charge in [0.1, 0.15) is 0 Å². The van der Waals surface area contributed by atoms with E-state index in [1.54, 1.807) is 0 Å². The van der Waals surface area contributed by atoms with Crippen LogP contribution >= 0.6 is 0 Å². The first-order valence-electron chi connectivity index (χ1n) is 6.80. The molecule has 1 saturated carbocycles. The summed E-state index contributed by atoms with van der Waals surface area (Å²) < 4.78 is 0. The van der Waals surface area contributed by atoms with Gasteiger partial charge >= 0.3 is 0 Å². The first-order chi connectivity index (χ1) is 7.75. The van der Waals surface area contributed by atoms with Crippen molar-refractivity contribution in [3.05, 3.63) is 23.3 Å². The summed E-state index contributed by atoms with van der Waals surface area (Å²) in [4.78, 5) is 0. The molecule has 16 heavy (non-hydrogen) atoms. The van der Waals surface area contributed by atoms with Crippen molar-refractivity contribution < 1.29 is 5.11 Å². The van der Waals surface area contributed by atoms with Crippen LogP contribution < -0.4 is 0 Å². The van der Waals surface area contributed by atoms with Crippen LogP contribution in [0.5, 0.6) is 0 Å². The summed E-state index contributed by atoms with van der Waals surface area (Å²) in [6, 6.07) is 0. The molecule has 1 aliphatic carbocycles. The minimum Gasteiger partial charge on any atom is -0.389 e. The van der Waals surface area contributed by atoms with E-state index in [0.717, 1.165) is 19.3 Å². The van der Waals surface area contributed by atoms with Gasteiger partial charge in [0, 0.05) is 0 Å². The lowest BCUT2D eigenvalue weighted by atomic mass is 10.1. The Labute approximate surface area is 100 Å². The zero-order chi connectivity index (χ0) is 11.8. The Morgan fingerprint density at radius 1 is 1.38 bits per heavy atom. The molecule has 1 aliphatic rings. The maximum atomic E-state index is 9.74. The minimum atomic E-state index is -0.162. The van der Waals surface area contributed by atoms with Gasteiger partial charge in [-0.05, 0) is 50.2 Å². The molecule has 92 valence electrons. The second kappa shape index (κ2) is 7.67. The van der Waals surface area contributed by atoms with Crippen LogP contribution in [-0.4, -0.2) is 11.2 Å². The second-order valence-electron chi connectivity index (χ2n) is 4.87. The van der Waals surface area contributed by atoms with E-state index in [4.69, 9.17) is 0 Å². The predicted octanol–water partition coefficient (Wildman–Crippen LogP) is 4.37. The highest BCUT2D eigenvalue weighted by molar-refractivity contribution is 5.28. The van der Waals surface area contributed by atoms with Crippen LogP contribution in [-0.2, 0) is 0 Å². The van der Waals surface area contributed by atoms with Crippen molar-refractivity contribution in [1.82, 2.24) is 0 Å². The monoisotopic (exact) mass is 222 g/mol. The van der Waals surface area contributed by atoms with Crippen molar-refractivity contribution in [2.45, 2.75) is 71.3 Å². The molecule has 1 unspecified atom stereocenters. The molecule has 0 spiro atoms. The molecular weight excluding hydrogens is 196 g/mol. The van der Waals surface area contributed by atoms with E-state index >= 15 is 0 Å². The van der Waals surface area contributed by atoms with Crippen LogP contribution in [0.15, 0.2) is 23.3 Å². The first kappa shape index (κ1) is 13.5. The standard InChI is InChI=1S/C15H26O/c1-3-4-5-6-7-8-10-13(2)14-11-9-12-15(14)16/h8,10,15-16H,3-7,9,11-12H2,1-2H3/b10-8+,14-13-. The molecular formula is C15H26O. The Kier molecular flexibility index (Phi) is 6.47. The van der Waals surface area contributed by atoms with Crippen molar-refractivity contribution >= 4 is 0 Å². The van der Waals surface area contributed by atoms with Gasteiger partial charge in [-0.25, -0.2) is 0 Å². The van der Waals surface area contributed by atoms with E-state index in [-0.39, 0.29) is 6.10 Å². The Balaban J connectivity index is 2.27. The van der Waals surface area contributed by atoms with E-state index in [9.17, 15) is 5.11 Å². The molecule has 0 saturated heterocycles. The second-order valence-corrected chi connectivity index (χ2v) is 4.87. The Morgan fingerprint density at radius 3 is 2.81 bits per heavy atom. The van der Waals surface area contributed by atoms with E-state index in [1.165, 1.54) is 43.3 Å². The SMILES string of the molecule is CCCCCC/C=C/C(C)=C1/CCCC1O. The van der Waals surface area contributed by atoms with Crippen LogP contribution in [0.1, 0.15) is 65.2 Å². The molecule has 0 radical (unpaired) electrons. The van der Waals surface area contributed by atoms with Crippen LogP contribution in [0.2, 0.25) is 0 Å². The van der Waals surface area contributed by atoms with Gasteiger partial charge in [0.15, 0.2) is 0 Å². The summed E-state index contributed by atoms with van der Waals surface area (Å²) in [5.41, 5.74) is 2.56. The van der Waals surface area contributed by atoms with Gasteiger partial charge in [0.2, 0.25) is 0 Å². The largest absolute Gasteiger partial charge is 0.389 e. The smallest absolute Gasteiger partial charge is 0.0755 e. The van der Waals surface area contributed by atoms with Gasteiger partial charge < -0.3 is 5.11 Å². The van der Waals surface area contributed by atoms with Crippen molar-refractivity contribution in [1.29, 1.82) is 0 Å². The van der Waals surface area contributed by atoms with Crippen LogP contribution in [0, 0.1) is 0 Å². The topological polar surface area (TPSA) is 20.2 Å². The first-order valence-corrected chi connectivity index (χ1v) is 6.80. The molecule has 0 heterocycles. The molecule has 0 aromatic rings. The lowest BCUT2D eigenvalue weighted by molar-refractivity contribution is 0.217. The summed E-state index contributed by atoms with van der Waals surface area (Å²) in [6.45, 7) is 4.37. The summed E-state index contributed by atoms with van der Waals surface area (Å²) in [5.74, 6) is 0. The van der Waals surface area contributed by atoms with Crippen LogP contribution in [0.4, 0.5) is 0 Å². The molecule has 1 atom stereocenters. The average Bonchev–Trinajstić information content (AvgIpc) is 2.69. The molecule has 0 bridgehead atoms. The summed E-state index contributed by atoms with van der Waals surface area (Å²) in [6.07, 6.45) is 14.0. The molecule has 1 N–H and O–H groups in total. The lowest BCUT2D eigenvalue weighted by Gasteiger charge is -2.06. The quantitative estimate of drug-likeness (QED) is 0.661.